The largest absolute Gasteiger partial charge is 0.494 e. The van der Waals surface area contributed by atoms with Crippen LogP contribution in [0, 0.1) is 22.7 Å². The van der Waals surface area contributed by atoms with E-state index in [9.17, 15) is 81.8 Å². The van der Waals surface area contributed by atoms with E-state index in [4.69, 9.17) is 9.47 Å². The van der Waals surface area contributed by atoms with Crippen molar-refractivity contribution in [3.63, 3.8) is 0 Å². The molecule has 2 aromatic heterocycles. The average molecular weight is 1260 g/mol. The van der Waals surface area contributed by atoms with Crippen molar-refractivity contribution < 1.29 is 80.7 Å². The molecular formula is C60H69F4N13O13. The lowest BCUT2D eigenvalue weighted by atomic mass is 10.1. The summed E-state index contributed by atoms with van der Waals surface area (Å²) in [6.07, 6.45) is 1.94. The Hall–Kier alpha value is -9.36. The van der Waals surface area contributed by atoms with E-state index in [1.54, 1.807) is 80.3 Å². The summed E-state index contributed by atoms with van der Waals surface area (Å²) in [6, 6.07) is 20.2. The number of aliphatic carboxylic acids is 3. The molecule has 3 aliphatic heterocycles. The number of hydrogen-bond acceptors (Lipinski definition) is 18. The van der Waals surface area contributed by atoms with Crippen molar-refractivity contribution in [1.82, 2.24) is 54.9 Å². The molecular weight excluding hydrogens is 1190 g/mol. The number of pyridine rings is 2. The zero-order valence-corrected chi connectivity index (χ0v) is 49.1. The fourth-order valence-corrected chi connectivity index (χ4v) is 10.3. The van der Waals surface area contributed by atoms with Gasteiger partial charge in [-0.1, -0.05) is 0 Å². The number of aromatic nitrogens is 2. The second kappa shape index (κ2) is 32.2. The Morgan fingerprint density at radius 2 is 0.889 bits per heavy atom. The van der Waals surface area contributed by atoms with Crippen LogP contribution in [0.2, 0.25) is 0 Å². The number of alkyl halides is 4. The first kappa shape index (κ1) is 68.1. The van der Waals surface area contributed by atoms with Crippen LogP contribution in [0.1, 0.15) is 46.4 Å². The number of likely N-dealkylation sites (tertiary alicyclic amines) is 2. The van der Waals surface area contributed by atoms with Crippen LogP contribution in [0.25, 0.3) is 22.5 Å². The number of hydrogen-bond donors (Lipinski definition) is 5. The van der Waals surface area contributed by atoms with E-state index in [-0.39, 0.29) is 122 Å². The summed E-state index contributed by atoms with van der Waals surface area (Å²) in [5.41, 5.74) is 2.28. The summed E-state index contributed by atoms with van der Waals surface area (Å²) in [5.74, 6) is -12.0. The minimum atomic E-state index is -3.21. The molecule has 480 valence electrons. The number of ether oxygens (including phenoxy) is 2. The van der Waals surface area contributed by atoms with Gasteiger partial charge >= 0.3 is 17.9 Å². The second-order valence-electron chi connectivity index (χ2n) is 21.8. The molecule has 2 aromatic carbocycles. The van der Waals surface area contributed by atoms with Crippen molar-refractivity contribution in [2.45, 2.75) is 49.6 Å². The normalized spacial score (nSPS) is 18.2. The van der Waals surface area contributed by atoms with E-state index in [0.717, 1.165) is 9.80 Å². The lowest BCUT2D eigenvalue weighted by Crippen LogP contribution is -2.50. The second-order valence-corrected chi connectivity index (χ2v) is 21.8. The predicted molar refractivity (Wildman–Crippen MR) is 311 cm³/mol. The molecule has 5 heterocycles. The molecule has 0 saturated carbocycles. The molecule has 3 saturated heterocycles. The highest BCUT2D eigenvalue weighted by Crippen LogP contribution is 2.33. The number of carbonyl (C=O) groups excluding carboxylic acids is 5. The summed E-state index contributed by atoms with van der Waals surface area (Å²) in [5, 5.41) is 52.4. The van der Waals surface area contributed by atoms with E-state index >= 15 is 0 Å². The number of carboxylic acid groups (broad SMARTS) is 3. The van der Waals surface area contributed by atoms with Crippen molar-refractivity contribution in [2.75, 3.05) is 131 Å². The van der Waals surface area contributed by atoms with Gasteiger partial charge in [0.05, 0.1) is 89.1 Å². The van der Waals surface area contributed by atoms with Crippen LogP contribution >= 0.6 is 0 Å². The molecule has 5 amide bonds. The summed E-state index contributed by atoms with van der Waals surface area (Å²) < 4.78 is 67.8. The highest BCUT2D eigenvalue weighted by Gasteiger charge is 2.48. The summed E-state index contributed by atoms with van der Waals surface area (Å²) in [4.78, 5) is 120. The number of carboxylic acids is 3. The Bertz CT molecular complexity index is 3080. The van der Waals surface area contributed by atoms with E-state index in [0.29, 0.717) is 46.9 Å². The van der Waals surface area contributed by atoms with Crippen LogP contribution < -0.4 is 20.1 Å². The number of nitrogens with one attached hydrogen (secondary N) is 2. The van der Waals surface area contributed by atoms with E-state index in [1.807, 2.05) is 4.90 Å². The Morgan fingerprint density at radius 3 is 1.22 bits per heavy atom. The molecule has 4 aromatic rings. The zero-order valence-electron chi connectivity index (χ0n) is 49.1. The number of nitrogens with zero attached hydrogens (tertiary/aromatic N) is 11. The van der Waals surface area contributed by atoms with Gasteiger partial charge in [-0.05, 0) is 85.6 Å². The van der Waals surface area contributed by atoms with Crippen LogP contribution in [-0.4, -0.2) is 262 Å². The van der Waals surface area contributed by atoms with Gasteiger partial charge in [0.1, 0.15) is 23.6 Å². The maximum Gasteiger partial charge on any atom is 0.317 e. The summed E-state index contributed by atoms with van der Waals surface area (Å²) in [7, 11) is 0. The third-order valence-corrected chi connectivity index (χ3v) is 15.0. The van der Waals surface area contributed by atoms with Gasteiger partial charge in [-0.15, -0.1) is 0 Å². The monoisotopic (exact) mass is 1260 g/mol. The van der Waals surface area contributed by atoms with E-state index < -0.39 is 104 Å². The van der Waals surface area contributed by atoms with Crippen LogP contribution in [0.3, 0.4) is 0 Å². The zero-order chi connectivity index (χ0) is 65.0. The highest BCUT2D eigenvalue weighted by atomic mass is 19.3. The molecule has 2 atom stereocenters. The molecule has 7 rings (SSSR count). The van der Waals surface area contributed by atoms with Crippen molar-refractivity contribution >= 4 is 47.4 Å². The standard InChI is InChI=1S/C60H69F4N13O13/c61-59(62)29-45(31-65)76(39-59)51(78)33-69-57(87)43-11-13-67-49(27-43)41-3-7-47(8-4-41)89-25-1-15-75(53(80)35-71-17-19-72(36-54(81)82)21-23-74(38-56(85)86)24-22-73(20-18-71)37-55(83)84)16-2-26-90-48-9-5-42(6-10-48)50-28-44(12-14-68-50)58(88)70-34-52(79)77-40-60(63,64)30-46(77)32-66/h3-14,27-28,45-46H,1-2,15-26,29-30,33-40H2,(H,69,87)(H,70,88)(H,81,82)(H,83,84)(H,85,86)/t45-,46-/m0/s1. The molecule has 0 radical (unpaired) electrons. The minimum absolute atomic E-state index is 0.118. The molecule has 0 aliphatic carbocycles. The number of amides is 5. The quantitative estimate of drug-likeness (QED) is 0.0445. The first-order chi connectivity index (χ1) is 43.0. The van der Waals surface area contributed by atoms with Gasteiger partial charge in [-0.2, -0.15) is 10.5 Å². The van der Waals surface area contributed by atoms with Gasteiger partial charge in [0, 0.05) is 113 Å². The highest BCUT2D eigenvalue weighted by molar-refractivity contribution is 5.98. The lowest BCUT2D eigenvalue weighted by molar-refractivity contribution is -0.140. The van der Waals surface area contributed by atoms with Crippen molar-refractivity contribution in [1.29, 1.82) is 10.5 Å². The lowest BCUT2D eigenvalue weighted by Gasteiger charge is -2.33. The maximum absolute atomic E-state index is 14.4. The summed E-state index contributed by atoms with van der Waals surface area (Å²) >= 11 is 0. The molecule has 0 unspecified atom stereocenters. The topological polar surface area (TPSA) is 336 Å². The van der Waals surface area contributed by atoms with Crippen LogP contribution in [0.4, 0.5) is 17.6 Å². The average Bonchev–Trinajstić information content (AvgIpc) is 2.10. The molecule has 3 aliphatic rings. The maximum atomic E-state index is 14.4. The van der Waals surface area contributed by atoms with E-state index in [1.165, 1.54) is 36.7 Å². The molecule has 26 nitrogen and oxygen atoms in total. The van der Waals surface area contributed by atoms with Gasteiger partial charge in [0.2, 0.25) is 17.7 Å². The first-order valence-corrected chi connectivity index (χ1v) is 28.9. The number of nitriles is 2. The van der Waals surface area contributed by atoms with Gasteiger partial charge < -0.3 is 50.1 Å². The number of rotatable bonds is 26. The Labute approximate surface area is 515 Å². The molecule has 90 heavy (non-hydrogen) atoms. The van der Waals surface area contributed by atoms with E-state index in [2.05, 4.69) is 20.6 Å². The van der Waals surface area contributed by atoms with Crippen LogP contribution in [0.5, 0.6) is 11.5 Å². The van der Waals surface area contributed by atoms with Crippen LogP contribution in [-0.2, 0) is 28.8 Å². The predicted octanol–water partition coefficient (Wildman–Crippen LogP) is 2.33. The number of benzene rings is 2. The van der Waals surface area contributed by atoms with Crippen molar-refractivity contribution in [3.8, 4) is 46.2 Å². The minimum Gasteiger partial charge on any atom is -0.494 e. The van der Waals surface area contributed by atoms with Gasteiger partial charge in [0.25, 0.3) is 23.7 Å². The smallest absolute Gasteiger partial charge is 0.317 e. The first-order valence-electron chi connectivity index (χ1n) is 28.9. The SMILES string of the molecule is N#C[C@@H]1CC(F)(F)CN1C(=O)CNC(=O)c1ccnc(-c2ccc(OCCCN(CCCOc3ccc(-c4cc(C(=O)NCC(=O)N5CC(F)(F)C[C@H]5C#N)ccn4)cc3)C(=O)CN3CCN(CC(=O)O)CCN(CC(=O)O)CCN(CC(=O)O)CC3)cc2)c1. The molecule has 30 heteroatoms. The van der Waals surface area contributed by atoms with Gasteiger partial charge in [-0.3, -0.25) is 67.9 Å². The molecule has 0 spiro atoms. The fraction of sp³-hybridized carbons (Fsp3) is 0.467. The van der Waals surface area contributed by atoms with Crippen LogP contribution in [0.15, 0.2) is 85.2 Å². The number of halogens is 4. The molecule has 5 N–H and O–H groups in total. The molecule has 0 bridgehead atoms. The Balaban J connectivity index is 0.969. The van der Waals surface area contributed by atoms with Gasteiger partial charge in [-0.25, -0.2) is 17.6 Å². The Kier molecular flexibility index (Phi) is 24.4. The third kappa shape index (κ3) is 20.9. The fourth-order valence-electron chi connectivity index (χ4n) is 10.3. The van der Waals surface area contributed by atoms with Gasteiger partial charge in [0.15, 0.2) is 0 Å². The van der Waals surface area contributed by atoms with Crippen molar-refractivity contribution in [2.24, 2.45) is 0 Å². The Morgan fingerprint density at radius 1 is 0.544 bits per heavy atom. The summed E-state index contributed by atoms with van der Waals surface area (Å²) in [6.45, 7) is -1.74. The third-order valence-electron chi connectivity index (χ3n) is 15.0. The number of carbonyl (C=O) groups is 8. The molecule has 3 fully saturated rings. The van der Waals surface area contributed by atoms with Crippen molar-refractivity contribution in [3.05, 3.63) is 96.3 Å².